The number of halogens is 1. The highest BCUT2D eigenvalue weighted by atomic mass is 19.1. The Morgan fingerprint density at radius 1 is 1.00 bits per heavy atom. The molecule has 5 rings (SSSR count). The molecule has 7 nitrogen and oxygen atoms in total. The fourth-order valence-electron chi connectivity index (χ4n) is 4.50. The van der Waals surface area contributed by atoms with Gasteiger partial charge in [0.05, 0.1) is 11.4 Å². The summed E-state index contributed by atoms with van der Waals surface area (Å²) in [6, 6.07) is 11.9. The van der Waals surface area contributed by atoms with Gasteiger partial charge < -0.3 is 9.80 Å². The molecule has 4 heterocycles. The van der Waals surface area contributed by atoms with Gasteiger partial charge in [0.1, 0.15) is 11.5 Å². The van der Waals surface area contributed by atoms with Crippen LogP contribution in [0.4, 0.5) is 10.2 Å². The van der Waals surface area contributed by atoms with E-state index in [-0.39, 0.29) is 11.7 Å². The van der Waals surface area contributed by atoms with Crippen LogP contribution in [0.5, 0.6) is 0 Å². The van der Waals surface area contributed by atoms with E-state index in [1.54, 1.807) is 29.9 Å². The zero-order valence-corrected chi connectivity index (χ0v) is 17.0. The lowest BCUT2D eigenvalue weighted by Gasteiger charge is -2.22. The van der Waals surface area contributed by atoms with Gasteiger partial charge >= 0.3 is 0 Å². The molecule has 0 radical (unpaired) electrons. The Bertz CT molecular complexity index is 1060. The summed E-state index contributed by atoms with van der Waals surface area (Å²) in [5.74, 6) is 1.47. The predicted molar refractivity (Wildman–Crippen MR) is 110 cm³/mol. The van der Waals surface area contributed by atoms with Gasteiger partial charge in [0, 0.05) is 50.6 Å². The van der Waals surface area contributed by atoms with E-state index in [0.717, 1.165) is 43.3 Å². The maximum atomic E-state index is 13.2. The van der Waals surface area contributed by atoms with Crippen LogP contribution in [0.3, 0.4) is 0 Å². The van der Waals surface area contributed by atoms with Crippen molar-refractivity contribution in [2.75, 3.05) is 31.1 Å². The first-order chi connectivity index (χ1) is 14.5. The number of likely N-dealkylation sites (tertiary alicyclic amines) is 1. The van der Waals surface area contributed by atoms with Crippen molar-refractivity contribution in [1.82, 2.24) is 24.9 Å². The standard InChI is InChI=1S/C22H23FN6O/c1-14-3-8-21(25-24-14)28-10-16-12-29(13-17(16)11-28)22(30)20-9-19(26-27(20)2)15-4-6-18(23)7-5-15/h3-9,16-17H,10-13H2,1-2H3. The van der Waals surface area contributed by atoms with Crippen molar-refractivity contribution >= 4 is 11.7 Å². The molecular weight excluding hydrogens is 383 g/mol. The van der Waals surface area contributed by atoms with Crippen LogP contribution in [0.2, 0.25) is 0 Å². The van der Waals surface area contributed by atoms with Gasteiger partial charge in [-0.15, -0.1) is 5.10 Å². The van der Waals surface area contributed by atoms with Gasteiger partial charge in [-0.25, -0.2) is 4.39 Å². The number of aryl methyl sites for hydroxylation is 2. The zero-order chi connectivity index (χ0) is 20.8. The lowest BCUT2D eigenvalue weighted by Crippen LogP contribution is -2.34. The average Bonchev–Trinajstić information content (AvgIpc) is 3.42. The van der Waals surface area contributed by atoms with Crippen molar-refractivity contribution < 1.29 is 9.18 Å². The van der Waals surface area contributed by atoms with Crippen LogP contribution in [0.25, 0.3) is 11.3 Å². The number of anilines is 1. The van der Waals surface area contributed by atoms with Gasteiger partial charge in [-0.1, -0.05) is 0 Å². The minimum atomic E-state index is -0.291. The van der Waals surface area contributed by atoms with Crippen molar-refractivity contribution in [1.29, 1.82) is 0 Å². The van der Waals surface area contributed by atoms with Crippen LogP contribution in [-0.2, 0) is 7.05 Å². The Morgan fingerprint density at radius 3 is 2.33 bits per heavy atom. The quantitative estimate of drug-likeness (QED) is 0.669. The SMILES string of the molecule is Cc1ccc(N2CC3CN(C(=O)c4cc(-c5ccc(F)cc5)nn4C)CC3C2)nn1. The molecule has 2 unspecified atom stereocenters. The van der Waals surface area contributed by atoms with Crippen molar-refractivity contribution in [3.05, 3.63) is 59.7 Å². The van der Waals surface area contributed by atoms with E-state index in [1.807, 2.05) is 24.0 Å². The summed E-state index contributed by atoms with van der Waals surface area (Å²) in [5, 5.41) is 12.9. The Labute approximate surface area is 174 Å². The molecular formula is C22H23FN6O. The van der Waals surface area contributed by atoms with Gasteiger partial charge in [-0.05, 0) is 49.4 Å². The molecule has 2 aromatic heterocycles. The third-order valence-electron chi connectivity index (χ3n) is 6.12. The fourth-order valence-corrected chi connectivity index (χ4v) is 4.50. The van der Waals surface area contributed by atoms with Crippen LogP contribution in [0.15, 0.2) is 42.5 Å². The molecule has 2 atom stereocenters. The summed E-state index contributed by atoms with van der Waals surface area (Å²) in [4.78, 5) is 17.3. The number of aromatic nitrogens is 4. The lowest BCUT2D eigenvalue weighted by atomic mass is 10.0. The molecule has 3 aromatic rings. The van der Waals surface area contributed by atoms with Crippen molar-refractivity contribution in [2.45, 2.75) is 6.92 Å². The van der Waals surface area contributed by atoms with Gasteiger partial charge in [-0.2, -0.15) is 10.2 Å². The van der Waals surface area contributed by atoms with E-state index in [9.17, 15) is 9.18 Å². The molecule has 2 fully saturated rings. The van der Waals surface area contributed by atoms with E-state index in [4.69, 9.17) is 0 Å². The summed E-state index contributed by atoms with van der Waals surface area (Å²) in [7, 11) is 1.77. The van der Waals surface area contributed by atoms with Crippen LogP contribution >= 0.6 is 0 Å². The number of hydrogen-bond donors (Lipinski definition) is 0. The molecule has 30 heavy (non-hydrogen) atoms. The summed E-state index contributed by atoms with van der Waals surface area (Å²) in [6.45, 7) is 5.17. The van der Waals surface area contributed by atoms with Crippen molar-refractivity contribution in [2.24, 2.45) is 18.9 Å². The van der Waals surface area contributed by atoms with E-state index < -0.39 is 0 Å². The van der Waals surface area contributed by atoms with Crippen molar-refractivity contribution in [3.8, 4) is 11.3 Å². The molecule has 1 amide bonds. The second kappa shape index (κ2) is 7.19. The summed E-state index contributed by atoms with van der Waals surface area (Å²) in [6.07, 6.45) is 0. The number of amides is 1. The molecule has 0 saturated carbocycles. The second-order valence-corrected chi connectivity index (χ2v) is 8.21. The molecule has 154 valence electrons. The van der Waals surface area contributed by atoms with E-state index in [2.05, 4.69) is 20.2 Å². The number of benzene rings is 1. The first-order valence-corrected chi connectivity index (χ1v) is 10.1. The predicted octanol–water partition coefficient (Wildman–Crippen LogP) is 2.53. The minimum Gasteiger partial charge on any atom is -0.354 e. The van der Waals surface area contributed by atoms with Gasteiger partial charge in [0.15, 0.2) is 5.82 Å². The topological polar surface area (TPSA) is 67.2 Å². The summed E-state index contributed by atoms with van der Waals surface area (Å²) < 4.78 is 14.8. The van der Waals surface area contributed by atoms with E-state index in [0.29, 0.717) is 23.2 Å². The smallest absolute Gasteiger partial charge is 0.272 e. The van der Waals surface area contributed by atoms with Crippen LogP contribution in [-0.4, -0.2) is 57.0 Å². The van der Waals surface area contributed by atoms with E-state index >= 15 is 0 Å². The number of carbonyl (C=O) groups is 1. The normalized spacial score (nSPS) is 20.6. The highest BCUT2D eigenvalue weighted by Crippen LogP contribution is 2.34. The van der Waals surface area contributed by atoms with Crippen LogP contribution in [0, 0.1) is 24.6 Å². The first kappa shape index (κ1) is 18.7. The number of rotatable bonds is 3. The number of fused-ring (bicyclic) bond motifs is 1. The second-order valence-electron chi connectivity index (χ2n) is 8.21. The third-order valence-corrected chi connectivity index (χ3v) is 6.12. The lowest BCUT2D eigenvalue weighted by molar-refractivity contribution is 0.0771. The Balaban J connectivity index is 1.28. The highest BCUT2D eigenvalue weighted by Gasteiger charge is 2.42. The maximum absolute atomic E-state index is 13.2. The van der Waals surface area contributed by atoms with E-state index in [1.165, 1.54) is 12.1 Å². The third kappa shape index (κ3) is 3.32. The monoisotopic (exact) mass is 406 g/mol. The van der Waals surface area contributed by atoms with Gasteiger partial charge in [0.25, 0.3) is 5.91 Å². The summed E-state index contributed by atoms with van der Waals surface area (Å²) in [5.41, 5.74) is 2.92. The fraction of sp³-hybridized carbons (Fsp3) is 0.364. The van der Waals surface area contributed by atoms with Gasteiger partial charge in [0.2, 0.25) is 0 Å². The largest absolute Gasteiger partial charge is 0.354 e. The summed E-state index contributed by atoms with van der Waals surface area (Å²) >= 11 is 0. The van der Waals surface area contributed by atoms with Gasteiger partial charge in [-0.3, -0.25) is 9.48 Å². The highest BCUT2D eigenvalue weighted by molar-refractivity contribution is 5.94. The molecule has 0 spiro atoms. The number of hydrogen-bond acceptors (Lipinski definition) is 5. The maximum Gasteiger partial charge on any atom is 0.272 e. The first-order valence-electron chi connectivity index (χ1n) is 10.1. The molecule has 1 aromatic carbocycles. The molecule has 0 aliphatic carbocycles. The molecule has 0 bridgehead atoms. The van der Waals surface area contributed by atoms with Crippen LogP contribution < -0.4 is 4.90 Å². The molecule has 2 aliphatic rings. The minimum absolute atomic E-state index is 0.00515. The van der Waals surface area contributed by atoms with Crippen LogP contribution in [0.1, 0.15) is 16.2 Å². The molecule has 0 N–H and O–H groups in total. The Hall–Kier alpha value is -3.29. The molecule has 8 heteroatoms. The average molecular weight is 406 g/mol. The number of nitrogens with zero attached hydrogens (tertiary/aromatic N) is 6. The molecule has 2 saturated heterocycles. The Morgan fingerprint density at radius 2 is 1.70 bits per heavy atom. The number of carbonyl (C=O) groups excluding carboxylic acids is 1. The van der Waals surface area contributed by atoms with Crippen molar-refractivity contribution in [3.63, 3.8) is 0 Å². The Kier molecular flexibility index (Phi) is 4.49. The molecule has 2 aliphatic heterocycles. The zero-order valence-electron chi connectivity index (χ0n) is 17.0.